The number of hydrogen-bond acceptors (Lipinski definition) is 7. The van der Waals surface area contributed by atoms with E-state index in [1.54, 1.807) is 4.90 Å². The number of nitrogens with zero attached hydrogens (tertiary/aromatic N) is 3. The summed E-state index contributed by atoms with van der Waals surface area (Å²) >= 11 is 2.79. The van der Waals surface area contributed by atoms with Crippen LogP contribution in [0.5, 0.6) is 0 Å². The number of amides is 2. The number of nitrogens with one attached hydrogen (secondary N) is 2. The molecule has 1 heterocycles. The highest BCUT2D eigenvalue weighted by atomic mass is 32.2. The molecule has 0 unspecified atom stereocenters. The van der Waals surface area contributed by atoms with Gasteiger partial charge in [-0.15, -0.1) is 10.2 Å². The largest absolute Gasteiger partial charge is 0.360 e. The molecule has 2 N–H and O–H groups in total. The highest BCUT2D eigenvalue weighted by Gasteiger charge is 2.18. The fraction of sp³-hybridized carbons (Fsp3) is 0.474. The molecule has 0 spiro atoms. The Balaban J connectivity index is 1.87. The van der Waals surface area contributed by atoms with E-state index >= 15 is 0 Å². The molecular formula is C19H27N5O2S2. The summed E-state index contributed by atoms with van der Waals surface area (Å²) in [5.41, 5.74) is 1.76. The van der Waals surface area contributed by atoms with Gasteiger partial charge in [-0.25, -0.2) is 0 Å². The second-order valence-corrected chi connectivity index (χ2v) is 8.47. The quantitative estimate of drug-likeness (QED) is 0.539. The molecule has 0 aliphatic heterocycles. The van der Waals surface area contributed by atoms with Crippen molar-refractivity contribution in [2.75, 3.05) is 36.0 Å². The fourth-order valence-corrected chi connectivity index (χ4v) is 4.10. The van der Waals surface area contributed by atoms with Gasteiger partial charge < -0.3 is 15.5 Å². The number of carbonyl (C=O) groups excluding carboxylic acids is 2. The molecule has 2 rings (SSSR count). The Kier molecular flexibility index (Phi) is 9.22. The first kappa shape index (κ1) is 22.2. The van der Waals surface area contributed by atoms with Crippen molar-refractivity contribution in [1.29, 1.82) is 0 Å². The molecule has 0 atom stereocenters. The molecule has 0 aliphatic carbocycles. The molecule has 9 heteroatoms. The predicted octanol–water partition coefficient (Wildman–Crippen LogP) is 3.64. The smallest absolute Gasteiger partial charge is 0.244 e. The van der Waals surface area contributed by atoms with Crippen LogP contribution in [0, 0.1) is 6.92 Å². The lowest BCUT2D eigenvalue weighted by Gasteiger charge is -2.21. The van der Waals surface area contributed by atoms with E-state index in [1.165, 1.54) is 23.1 Å². The van der Waals surface area contributed by atoms with Crippen molar-refractivity contribution < 1.29 is 9.59 Å². The summed E-state index contributed by atoms with van der Waals surface area (Å²) in [7, 11) is 0. The molecule has 2 aromatic rings. The number of carbonyl (C=O) groups is 2. The molecule has 28 heavy (non-hydrogen) atoms. The van der Waals surface area contributed by atoms with Gasteiger partial charge in [-0.3, -0.25) is 9.59 Å². The number of aryl methyl sites for hydroxylation is 1. The minimum atomic E-state index is -0.192. The van der Waals surface area contributed by atoms with Gasteiger partial charge in [-0.2, -0.15) is 0 Å². The van der Waals surface area contributed by atoms with Gasteiger partial charge in [0.2, 0.25) is 16.9 Å². The van der Waals surface area contributed by atoms with Gasteiger partial charge in [0.25, 0.3) is 0 Å². The van der Waals surface area contributed by atoms with Crippen molar-refractivity contribution in [3.05, 3.63) is 29.8 Å². The van der Waals surface area contributed by atoms with Crippen LogP contribution >= 0.6 is 23.1 Å². The normalized spacial score (nSPS) is 10.5. The molecule has 7 nitrogen and oxygen atoms in total. The summed E-state index contributed by atoms with van der Waals surface area (Å²) in [4.78, 5) is 26.6. The Morgan fingerprint density at radius 1 is 1.18 bits per heavy atom. The van der Waals surface area contributed by atoms with E-state index in [0.29, 0.717) is 6.54 Å². The van der Waals surface area contributed by atoms with Crippen molar-refractivity contribution in [1.82, 2.24) is 15.1 Å². The van der Waals surface area contributed by atoms with Gasteiger partial charge >= 0.3 is 0 Å². The topological polar surface area (TPSA) is 87.2 Å². The third-order valence-corrected chi connectivity index (χ3v) is 5.85. The zero-order valence-electron chi connectivity index (χ0n) is 16.5. The summed E-state index contributed by atoms with van der Waals surface area (Å²) < 4.78 is 0.743. The second-order valence-electron chi connectivity index (χ2n) is 6.27. The number of para-hydroxylation sites is 1. The van der Waals surface area contributed by atoms with Crippen molar-refractivity contribution in [3.63, 3.8) is 0 Å². The summed E-state index contributed by atoms with van der Waals surface area (Å²) in [5.74, 6) is -0.0341. The fourth-order valence-electron chi connectivity index (χ4n) is 2.42. The van der Waals surface area contributed by atoms with E-state index in [2.05, 4.69) is 27.8 Å². The molecular weight excluding hydrogens is 394 g/mol. The molecule has 0 saturated carbocycles. The summed E-state index contributed by atoms with van der Waals surface area (Å²) in [6.07, 6.45) is 1.80. The molecule has 1 aromatic carbocycles. The number of anilines is 2. The van der Waals surface area contributed by atoms with Crippen molar-refractivity contribution in [2.45, 2.75) is 38.0 Å². The first-order valence-corrected chi connectivity index (χ1v) is 11.2. The van der Waals surface area contributed by atoms with Crippen LogP contribution in [0.4, 0.5) is 10.8 Å². The minimum absolute atomic E-state index is 0.0427. The van der Waals surface area contributed by atoms with Gasteiger partial charge in [-0.1, -0.05) is 55.1 Å². The monoisotopic (exact) mass is 421 g/mol. The average molecular weight is 422 g/mol. The van der Waals surface area contributed by atoms with Crippen LogP contribution in [0.25, 0.3) is 0 Å². The molecule has 0 fully saturated rings. The summed E-state index contributed by atoms with van der Waals surface area (Å²) in [6.45, 7) is 7.44. The molecule has 2 amide bonds. The lowest BCUT2D eigenvalue weighted by Crippen LogP contribution is -2.39. The molecule has 1 aromatic heterocycles. The van der Waals surface area contributed by atoms with Crippen LogP contribution in [-0.4, -0.2) is 52.3 Å². The van der Waals surface area contributed by atoms with Gasteiger partial charge in [0.15, 0.2) is 4.34 Å². The number of aromatic nitrogens is 2. The van der Waals surface area contributed by atoms with Gasteiger partial charge in [0.05, 0.1) is 12.3 Å². The third kappa shape index (κ3) is 7.12. The lowest BCUT2D eigenvalue weighted by atomic mass is 10.2. The molecule has 0 saturated heterocycles. The Hall–Kier alpha value is -2.13. The molecule has 152 valence electrons. The van der Waals surface area contributed by atoms with Crippen molar-refractivity contribution >= 4 is 45.7 Å². The zero-order chi connectivity index (χ0) is 20.4. The number of benzene rings is 1. The van der Waals surface area contributed by atoms with Crippen molar-refractivity contribution in [2.24, 2.45) is 0 Å². The maximum absolute atomic E-state index is 12.6. The van der Waals surface area contributed by atoms with E-state index in [0.717, 1.165) is 40.1 Å². The summed E-state index contributed by atoms with van der Waals surface area (Å²) in [5, 5.41) is 15.0. The van der Waals surface area contributed by atoms with Crippen LogP contribution in [0.2, 0.25) is 0 Å². The lowest BCUT2D eigenvalue weighted by molar-refractivity contribution is -0.132. The number of rotatable bonds is 11. The third-order valence-electron chi connectivity index (χ3n) is 3.85. The van der Waals surface area contributed by atoms with Crippen LogP contribution < -0.4 is 10.6 Å². The second kappa shape index (κ2) is 11.7. The van der Waals surface area contributed by atoms with E-state index in [-0.39, 0.29) is 24.1 Å². The van der Waals surface area contributed by atoms with E-state index in [4.69, 9.17) is 0 Å². The minimum Gasteiger partial charge on any atom is -0.360 e. The molecule has 0 aliphatic rings. The van der Waals surface area contributed by atoms with E-state index < -0.39 is 0 Å². The highest BCUT2D eigenvalue weighted by Crippen LogP contribution is 2.25. The summed E-state index contributed by atoms with van der Waals surface area (Å²) in [6, 6.07) is 7.59. The Labute approximate surface area is 174 Å². The zero-order valence-corrected chi connectivity index (χ0v) is 18.2. The number of thioether (sulfide) groups is 1. The first-order valence-electron chi connectivity index (χ1n) is 9.36. The Bertz CT molecular complexity index is 781. The SMILES string of the molecule is CCCNc1nnc(SCC(=O)N(CCC)CC(=O)Nc2ccccc2C)s1. The van der Waals surface area contributed by atoms with E-state index in [9.17, 15) is 9.59 Å². The van der Waals surface area contributed by atoms with Crippen LogP contribution in [0.3, 0.4) is 0 Å². The Morgan fingerprint density at radius 3 is 2.68 bits per heavy atom. The predicted molar refractivity (Wildman–Crippen MR) is 116 cm³/mol. The van der Waals surface area contributed by atoms with Gasteiger partial charge in [0.1, 0.15) is 0 Å². The highest BCUT2D eigenvalue weighted by molar-refractivity contribution is 8.01. The number of hydrogen-bond donors (Lipinski definition) is 2. The molecule has 0 bridgehead atoms. The van der Waals surface area contributed by atoms with Crippen LogP contribution in [-0.2, 0) is 9.59 Å². The standard InChI is InChI=1S/C19H27N5O2S2/c1-4-10-20-18-22-23-19(28-18)27-13-17(26)24(11-5-2)12-16(25)21-15-9-7-6-8-14(15)3/h6-9H,4-5,10-13H2,1-3H3,(H,20,22)(H,21,25). The van der Waals surface area contributed by atoms with E-state index in [1.807, 2.05) is 38.1 Å². The average Bonchev–Trinajstić information content (AvgIpc) is 3.14. The Morgan fingerprint density at radius 2 is 1.96 bits per heavy atom. The maximum Gasteiger partial charge on any atom is 0.244 e. The van der Waals surface area contributed by atoms with Gasteiger partial charge in [-0.05, 0) is 31.4 Å². The molecule has 0 radical (unpaired) electrons. The van der Waals surface area contributed by atoms with Crippen molar-refractivity contribution in [3.8, 4) is 0 Å². The van der Waals surface area contributed by atoms with Crippen LogP contribution in [0.15, 0.2) is 28.6 Å². The van der Waals surface area contributed by atoms with Crippen LogP contribution in [0.1, 0.15) is 32.3 Å². The first-order chi connectivity index (χ1) is 13.5. The maximum atomic E-state index is 12.6. The van der Waals surface area contributed by atoms with Gasteiger partial charge in [0, 0.05) is 18.8 Å².